The average molecular weight is 241 g/mol. The fourth-order valence-electron chi connectivity index (χ4n) is 1.96. The zero-order chi connectivity index (χ0) is 10.7. The quantitative estimate of drug-likeness (QED) is 0.812. The van der Waals surface area contributed by atoms with Gasteiger partial charge in [0.1, 0.15) is 0 Å². The highest BCUT2D eigenvalue weighted by Gasteiger charge is 2.21. The van der Waals surface area contributed by atoms with Crippen LogP contribution in [0.25, 0.3) is 0 Å². The number of carbonyl (C=O) groups excluding carboxylic acids is 1. The van der Waals surface area contributed by atoms with Crippen LogP contribution in [0.4, 0.5) is 0 Å². The summed E-state index contributed by atoms with van der Waals surface area (Å²) in [5, 5.41) is 0. The summed E-state index contributed by atoms with van der Waals surface area (Å²) in [6.45, 7) is 1.52. The van der Waals surface area contributed by atoms with E-state index in [9.17, 15) is 4.79 Å². The van der Waals surface area contributed by atoms with Crippen molar-refractivity contribution in [2.45, 2.75) is 18.9 Å². The van der Waals surface area contributed by atoms with Gasteiger partial charge in [-0.05, 0) is 25.0 Å². The summed E-state index contributed by atoms with van der Waals surface area (Å²) in [5.74, 6) is 0.103. The van der Waals surface area contributed by atoms with Gasteiger partial charge >= 0.3 is 0 Å². The van der Waals surface area contributed by atoms with Crippen LogP contribution in [0, 0.1) is 0 Å². The largest absolute Gasteiger partial charge is 0.337 e. The van der Waals surface area contributed by atoms with Crippen LogP contribution in [0.15, 0.2) is 30.3 Å². The van der Waals surface area contributed by atoms with E-state index < -0.39 is 0 Å². The molecule has 0 unspecified atom stereocenters. The van der Waals surface area contributed by atoms with E-state index in [1.807, 2.05) is 35.2 Å². The Balaban J connectivity index is 0.00000128. The summed E-state index contributed by atoms with van der Waals surface area (Å²) in [6, 6.07) is 9.53. The monoisotopic (exact) mass is 240 g/mol. The van der Waals surface area contributed by atoms with Crippen molar-refractivity contribution < 1.29 is 4.79 Å². The average Bonchev–Trinajstić information content (AvgIpc) is 2.29. The first-order valence-corrected chi connectivity index (χ1v) is 5.37. The predicted octanol–water partition coefficient (Wildman–Crippen LogP) is 1.67. The molecule has 2 rings (SSSR count). The molecule has 1 aliphatic rings. The topological polar surface area (TPSA) is 46.3 Å². The molecule has 0 bridgehead atoms. The van der Waals surface area contributed by atoms with Gasteiger partial charge in [-0.25, -0.2) is 0 Å². The molecule has 1 amide bonds. The van der Waals surface area contributed by atoms with E-state index in [1.54, 1.807) is 0 Å². The molecule has 1 aromatic rings. The molecule has 16 heavy (non-hydrogen) atoms. The molecule has 2 N–H and O–H groups in total. The molecule has 1 saturated heterocycles. The minimum Gasteiger partial charge on any atom is -0.337 e. The van der Waals surface area contributed by atoms with Gasteiger partial charge in [-0.1, -0.05) is 18.2 Å². The number of benzene rings is 1. The maximum absolute atomic E-state index is 12.0. The molecule has 0 spiro atoms. The van der Waals surface area contributed by atoms with Crippen molar-refractivity contribution in [1.82, 2.24) is 4.90 Å². The second-order valence-electron chi connectivity index (χ2n) is 4.02. The van der Waals surface area contributed by atoms with Crippen molar-refractivity contribution >= 4 is 18.3 Å². The van der Waals surface area contributed by atoms with Gasteiger partial charge in [0.2, 0.25) is 0 Å². The van der Waals surface area contributed by atoms with Gasteiger partial charge in [-0.3, -0.25) is 4.79 Å². The lowest BCUT2D eigenvalue weighted by Gasteiger charge is -2.30. The van der Waals surface area contributed by atoms with Gasteiger partial charge in [-0.15, -0.1) is 12.4 Å². The van der Waals surface area contributed by atoms with Crippen LogP contribution < -0.4 is 5.73 Å². The van der Waals surface area contributed by atoms with Crippen LogP contribution in [0.2, 0.25) is 0 Å². The van der Waals surface area contributed by atoms with Gasteiger partial charge in [0, 0.05) is 24.7 Å². The number of hydrogen-bond donors (Lipinski definition) is 1. The lowest BCUT2D eigenvalue weighted by molar-refractivity contribution is 0.0709. The molecule has 0 aliphatic carbocycles. The smallest absolute Gasteiger partial charge is 0.253 e. The summed E-state index contributed by atoms with van der Waals surface area (Å²) >= 11 is 0. The van der Waals surface area contributed by atoms with Crippen molar-refractivity contribution in [1.29, 1.82) is 0 Å². The molecular formula is C12H17ClN2O. The van der Waals surface area contributed by atoms with Gasteiger partial charge < -0.3 is 10.6 Å². The number of nitrogens with two attached hydrogens (primary N) is 1. The molecule has 0 saturated carbocycles. The normalized spacial score (nSPS) is 20.1. The summed E-state index contributed by atoms with van der Waals surface area (Å²) in [6.07, 6.45) is 2.04. The molecule has 1 heterocycles. The Bertz CT molecular complexity index is 342. The number of amides is 1. The molecule has 1 aliphatic heterocycles. The minimum absolute atomic E-state index is 0. The summed E-state index contributed by atoms with van der Waals surface area (Å²) in [4.78, 5) is 13.9. The Labute approximate surface area is 102 Å². The van der Waals surface area contributed by atoms with E-state index >= 15 is 0 Å². The first-order chi connectivity index (χ1) is 7.27. The van der Waals surface area contributed by atoms with Gasteiger partial charge in [0.15, 0.2) is 0 Å². The SMILES string of the molecule is Cl.N[C@@H]1CCCN(C(=O)c2ccccc2)C1. The predicted molar refractivity (Wildman–Crippen MR) is 66.8 cm³/mol. The highest BCUT2D eigenvalue weighted by molar-refractivity contribution is 5.94. The van der Waals surface area contributed by atoms with E-state index in [1.165, 1.54) is 0 Å². The van der Waals surface area contributed by atoms with Crippen LogP contribution in [-0.2, 0) is 0 Å². The molecule has 0 aromatic heterocycles. The van der Waals surface area contributed by atoms with Crippen molar-refractivity contribution in [2.75, 3.05) is 13.1 Å². The van der Waals surface area contributed by atoms with E-state index in [-0.39, 0.29) is 24.4 Å². The molecule has 1 aromatic carbocycles. The van der Waals surface area contributed by atoms with Crippen molar-refractivity contribution in [3.63, 3.8) is 0 Å². The Morgan fingerprint density at radius 2 is 2.00 bits per heavy atom. The third-order valence-corrected chi connectivity index (χ3v) is 2.77. The molecule has 3 nitrogen and oxygen atoms in total. The number of likely N-dealkylation sites (tertiary alicyclic amines) is 1. The summed E-state index contributed by atoms with van der Waals surface area (Å²) < 4.78 is 0. The highest BCUT2D eigenvalue weighted by atomic mass is 35.5. The van der Waals surface area contributed by atoms with Gasteiger partial charge in [-0.2, -0.15) is 0 Å². The lowest BCUT2D eigenvalue weighted by atomic mass is 10.1. The molecule has 0 radical (unpaired) electrons. The van der Waals surface area contributed by atoms with E-state index in [2.05, 4.69) is 0 Å². The number of halogens is 1. The fraction of sp³-hybridized carbons (Fsp3) is 0.417. The standard InChI is InChI=1S/C12H16N2O.ClH/c13-11-7-4-8-14(9-11)12(15)10-5-2-1-3-6-10;/h1-3,5-6,11H,4,7-9,13H2;1H/t11-;/m1./s1. The Hall–Kier alpha value is -1.06. The summed E-state index contributed by atoms with van der Waals surface area (Å²) in [5.41, 5.74) is 6.60. The van der Waals surface area contributed by atoms with Crippen molar-refractivity contribution in [3.05, 3.63) is 35.9 Å². The number of nitrogens with zero attached hydrogens (tertiary/aromatic N) is 1. The Morgan fingerprint density at radius 1 is 1.31 bits per heavy atom. The van der Waals surface area contributed by atoms with Crippen molar-refractivity contribution in [3.8, 4) is 0 Å². The van der Waals surface area contributed by atoms with Crippen LogP contribution in [-0.4, -0.2) is 29.9 Å². The molecule has 1 atom stereocenters. The third-order valence-electron chi connectivity index (χ3n) is 2.77. The molecular weight excluding hydrogens is 224 g/mol. The second-order valence-corrected chi connectivity index (χ2v) is 4.02. The zero-order valence-corrected chi connectivity index (χ0v) is 9.95. The van der Waals surface area contributed by atoms with Crippen LogP contribution in [0.3, 0.4) is 0 Å². The number of rotatable bonds is 1. The first kappa shape index (κ1) is 13.0. The van der Waals surface area contributed by atoms with Gasteiger partial charge in [0.05, 0.1) is 0 Å². The minimum atomic E-state index is 0. The van der Waals surface area contributed by atoms with E-state index in [0.29, 0.717) is 6.54 Å². The number of piperidine rings is 1. The van der Waals surface area contributed by atoms with E-state index in [4.69, 9.17) is 5.73 Å². The fourth-order valence-corrected chi connectivity index (χ4v) is 1.96. The number of carbonyl (C=O) groups is 1. The Morgan fingerprint density at radius 3 is 2.62 bits per heavy atom. The number of hydrogen-bond acceptors (Lipinski definition) is 2. The molecule has 88 valence electrons. The zero-order valence-electron chi connectivity index (χ0n) is 9.13. The van der Waals surface area contributed by atoms with Crippen LogP contribution in [0.5, 0.6) is 0 Å². The van der Waals surface area contributed by atoms with Crippen LogP contribution >= 0.6 is 12.4 Å². The maximum Gasteiger partial charge on any atom is 0.253 e. The highest BCUT2D eigenvalue weighted by Crippen LogP contribution is 2.12. The summed E-state index contributed by atoms with van der Waals surface area (Å²) in [7, 11) is 0. The van der Waals surface area contributed by atoms with Crippen molar-refractivity contribution in [2.24, 2.45) is 5.73 Å². The lowest BCUT2D eigenvalue weighted by Crippen LogP contribution is -2.45. The maximum atomic E-state index is 12.0. The van der Waals surface area contributed by atoms with Gasteiger partial charge in [0.25, 0.3) is 5.91 Å². The Kier molecular flexibility index (Phi) is 4.77. The second kappa shape index (κ2) is 5.87. The molecule has 4 heteroatoms. The van der Waals surface area contributed by atoms with Crippen LogP contribution in [0.1, 0.15) is 23.2 Å². The van der Waals surface area contributed by atoms with E-state index in [0.717, 1.165) is 24.9 Å². The molecule has 1 fully saturated rings. The first-order valence-electron chi connectivity index (χ1n) is 5.37. The third kappa shape index (κ3) is 2.97.